The van der Waals surface area contributed by atoms with Gasteiger partial charge in [0.2, 0.25) is 0 Å². The van der Waals surface area contributed by atoms with E-state index in [9.17, 15) is 5.11 Å². The van der Waals surface area contributed by atoms with Crippen molar-refractivity contribution in [2.75, 3.05) is 6.61 Å². The van der Waals surface area contributed by atoms with E-state index in [0.29, 0.717) is 12.6 Å². The van der Waals surface area contributed by atoms with Crippen molar-refractivity contribution in [3.05, 3.63) is 22.8 Å². The Balaban J connectivity index is 0.000000196. The second-order valence-electron chi connectivity index (χ2n) is 13.3. The van der Waals surface area contributed by atoms with Crippen molar-refractivity contribution in [1.82, 2.24) is 20.0 Å². The molecule has 0 radical (unpaired) electrons. The Bertz CT molecular complexity index is 1120. The monoisotopic (exact) mass is 560 g/mol. The van der Waals surface area contributed by atoms with Crippen molar-refractivity contribution in [3.8, 4) is 0 Å². The van der Waals surface area contributed by atoms with E-state index in [2.05, 4.69) is 49.9 Å². The Labute approximate surface area is 241 Å². The van der Waals surface area contributed by atoms with E-state index in [0.717, 1.165) is 40.3 Å². The molecule has 40 heavy (non-hydrogen) atoms. The standard InChI is InChI=1S/C14H25BN2O3.C11H19BN2O2.C3H6O/c1-9(18)8-17-11(3)12(10(2)16-17)15-19-13(4,5)14(6,7)20-15;1-7-9(8(2)14-13-7)12-15-10(3,4)11(5,6)16-12;1-3-2-4-3/h9,18H,8H2,1-7H3;1-6H3,(H,13,14);3H,2H2,1H3/t9-;;3-/m0.0/s1. The minimum atomic E-state index is -0.431. The smallest absolute Gasteiger partial charge is 0.399 e. The van der Waals surface area contributed by atoms with Gasteiger partial charge in [0, 0.05) is 22.3 Å². The van der Waals surface area contributed by atoms with Gasteiger partial charge in [0.05, 0.1) is 59.2 Å². The maximum atomic E-state index is 9.54. The van der Waals surface area contributed by atoms with Crippen LogP contribution in [-0.4, -0.2) is 80.5 Å². The molecule has 0 aliphatic carbocycles. The summed E-state index contributed by atoms with van der Waals surface area (Å²) >= 11 is 0. The van der Waals surface area contributed by atoms with Crippen LogP contribution in [0.1, 0.15) is 92.0 Å². The van der Waals surface area contributed by atoms with E-state index in [-0.39, 0.29) is 29.5 Å². The third-order valence-electron chi connectivity index (χ3n) is 8.54. The summed E-state index contributed by atoms with van der Waals surface area (Å²) in [6.45, 7) is 29.5. The molecule has 0 saturated carbocycles. The lowest BCUT2D eigenvalue weighted by molar-refractivity contribution is 0.00578. The van der Waals surface area contributed by atoms with Gasteiger partial charge in [-0.3, -0.25) is 9.78 Å². The van der Waals surface area contributed by atoms with Crippen LogP contribution in [0.4, 0.5) is 0 Å². The molecule has 2 N–H and O–H groups in total. The third-order valence-corrected chi connectivity index (χ3v) is 8.54. The van der Waals surface area contributed by atoms with Crippen LogP contribution in [-0.2, 0) is 29.9 Å². The fraction of sp³-hybridized carbons (Fsp3) is 0.786. The van der Waals surface area contributed by atoms with Crippen molar-refractivity contribution in [1.29, 1.82) is 0 Å². The van der Waals surface area contributed by atoms with Crippen molar-refractivity contribution in [2.45, 2.75) is 138 Å². The fourth-order valence-electron chi connectivity index (χ4n) is 4.40. The number of ether oxygens (including phenoxy) is 1. The van der Waals surface area contributed by atoms with Crippen molar-refractivity contribution in [2.24, 2.45) is 0 Å². The minimum absolute atomic E-state index is 0.298. The van der Waals surface area contributed by atoms with Gasteiger partial charge < -0.3 is 28.5 Å². The molecule has 3 saturated heterocycles. The maximum absolute atomic E-state index is 9.54. The highest BCUT2D eigenvalue weighted by Crippen LogP contribution is 2.37. The number of hydrogen-bond donors (Lipinski definition) is 2. The lowest BCUT2D eigenvalue weighted by Gasteiger charge is -2.32. The Morgan fingerprint density at radius 1 is 0.850 bits per heavy atom. The molecule has 5 heterocycles. The first-order valence-electron chi connectivity index (χ1n) is 14.3. The second-order valence-corrected chi connectivity index (χ2v) is 13.3. The largest absolute Gasteiger partial charge is 0.498 e. The Hall–Kier alpha value is -1.69. The average Bonchev–Trinajstić information content (AvgIpc) is 3.27. The van der Waals surface area contributed by atoms with Gasteiger partial charge in [-0.25, -0.2) is 0 Å². The second kappa shape index (κ2) is 11.5. The number of aliphatic hydroxyl groups excluding tert-OH is 1. The third kappa shape index (κ3) is 7.02. The van der Waals surface area contributed by atoms with Crippen molar-refractivity contribution in [3.63, 3.8) is 0 Å². The Morgan fingerprint density at radius 2 is 1.25 bits per heavy atom. The van der Waals surface area contributed by atoms with E-state index >= 15 is 0 Å². The molecule has 3 aliphatic rings. The zero-order chi connectivity index (χ0) is 30.4. The molecular weight excluding hydrogens is 510 g/mol. The molecule has 12 heteroatoms. The van der Waals surface area contributed by atoms with Crippen LogP contribution in [0.15, 0.2) is 0 Å². The number of aromatic amines is 1. The molecule has 2 atom stereocenters. The first kappa shape index (κ1) is 32.8. The summed E-state index contributed by atoms with van der Waals surface area (Å²) in [6, 6.07) is 0. The molecule has 0 aromatic carbocycles. The van der Waals surface area contributed by atoms with Crippen molar-refractivity contribution >= 4 is 25.2 Å². The summed E-state index contributed by atoms with van der Waals surface area (Å²) < 4.78 is 30.7. The van der Waals surface area contributed by atoms with Gasteiger partial charge in [-0.1, -0.05) is 0 Å². The SMILES string of the molecule is C[C@H]1CO1.Cc1n[nH]c(C)c1B1OC(C)(C)C(C)(C)O1.Cc1nn(C[C@H](C)O)c(C)c1B1OC(C)(C)C(C)(C)O1. The van der Waals surface area contributed by atoms with E-state index < -0.39 is 13.2 Å². The highest BCUT2D eigenvalue weighted by atomic mass is 16.7. The van der Waals surface area contributed by atoms with Crippen LogP contribution < -0.4 is 10.9 Å². The summed E-state index contributed by atoms with van der Waals surface area (Å²) in [5.41, 5.74) is 4.52. The van der Waals surface area contributed by atoms with E-state index in [4.69, 9.17) is 23.4 Å². The van der Waals surface area contributed by atoms with Crippen LogP contribution >= 0.6 is 0 Å². The highest BCUT2D eigenvalue weighted by Gasteiger charge is 2.54. The average molecular weight is 560 g/mol. The van der Waals surface area contributed by atoms with Crippen molar-refractivity contribution < 1.29 is 28.5 Å². The first-order valence-corrected chi connectivity index (χ1v) is 14.3. The van der Waals surface area contributed by atoms with Crippen LogP contribution in [0.5, 0.6) is 0 Å². The van der Waals surface area contributed by atoms with Crippen LogP contribution in [0.3, 0.4) is 0 Å². The predicted octanol–water partition coefficient (Wildman–Crippen LogP) is 2.91. The zero-order valence-corrected chi connectivity index (χ0v) is 27.1. The van der Waals surface area contributed by atoms with Crippen LogP contribution in [0.25, 0.3) is 0 Å². The Morgan fingerprint density at radius 3 is 1.57 bits per heavy atom. The van der Waals surface area contributed by atoms with Gasteiger partial charge >= 0.3 is 14.2 Å². The molecule has 0 bridgehead atoms. The molecule has 0 spiro atoms. The molecule has 3 fully saturated rings. The number of rotatable bonds is 4. The number of H-pyrrole nitrogens is 1. The van der Waals surface area contributed by atoms with Gasteiger partial charge in [-0.2, -0.15) is 10.2 Å². The summed E-state index contributed by atoms with van der Waals surface area (Å²) in [4.78, 5) is 0. The van der Waals surface area contributed by atoms with Gasteiger partial charge in [-0.05, 0) is 96.9 Å². The number of nitrogens with one attached hydrogen (secondary N) is 1. The highest BCUT2D eigenvalue weighted by molar-refractivity contribution is 6.63. The molecule has 2 aromatic heterocycles. The molecule has 0 unspecified atom stereocenters. The van der Waals surface area contributed by atoms with Gasteiger partial charge in [0.15, 0.2) is 0 Å². The summed E-state index contributed by atoms with van der Waals surface area (Å²) in [6.07, 6.45) is 0.152. The number of aryl methyl sites for hydroxylation is 3. The van der Waals surface area contributed by atoms with E-state index in [1.165, 1.54) is 0 Å². The number of nitrogens with zero attached hydrogens (tertiary/aromatic N) is 3. The van der Waals surface area contributed by atoms with E-state index in [1.807, 2.05) is 60.1 Å². The fourth-order valence-corrected chi connectivity index (χ4v) is 4.40. The summed E-state index contributed by atoms with van der Waals surface area (Å²) in [5, 5.41) is 21.2. The molecule has 224 valence electrons. The molecular formula is C28H50B2N4O6. The Kier molecular flexibility index (Phi) is 9.46. The topological polar surface area (TPSA) is 116 Å². The maximum Gasteiger partial charge on any atom is 0.498 e. The first-order chi connectivity index (χ1) is 18.2. The molecule has 0 amide bonds. The number of aromatic nitrogens is 4. The molecule has 2 aromatic rings. The molecule has 5 rings (SSSR count). The number of epoxide rings is 1. The summed E-state index contributed by atoms with van der Waals surface area (Å²) in [7, 11) is -0.716. The summed E-state index contributed by atoms with van der Waals surface area (Å²) in [5.74, 6) is 0. The van der Waals surface area contributed by atoms with Gasteiger partial charge in [0.1, 0.15) is 0 Å². The van der Waals surface area contributed by atoms with Crippen LogP contribution in [0.2, 0.25) is 0 Å². The quantitative estimate of drug-likeness (QED) is 0.434. The predicted molar refractivity (Wildman–Crippen MR) is 158 cm³/mol. The van der Waals surface area contributed by atoms with Gasteiger partial charge in [-0.15, -0.1) is 0 Å². The number of hydrogen-bond acceptors (Lipinski definition) is 8. The van der Waals surface area contributed by atoms with E-state index in [1.54, 1.807) is 6.92 Å². The minimum Gasteiger partial charge on any atom is -0.399 e. The zero-order valence-electron chi connectivity index (χ0n) is 27.1. The number of aliphatic hydroxyl groups is 1. The van der Waals surface area contributed by atoms with Crippen LogP contribution in [0, 0.1) is 27.7 Å². The van der Waals surface area contributed by atoms with Gasteiger partial charge in [0.25, 0.3) is 0 Å². The lowest BCUT2D eigenvalue weighted by atomic mass is 9.77. The lowest BCUT2D eigenvalue weighted by Crippen LogP contribution is -2.41. The normalized spacial score (nSPS) is 24.2. The molecule has 10 nitrogen and oxygen atoms in total. The molecule has 3 aliphatic heterocycles.